The van der Waals surface area contributed by atoms with E-state index in [-0.39, 0.29) is 24.0 Å². The van der Waals surface area contributed by atoms with E-state index in [0.717, 1.165) is 64.6 Å². The molecular weight excluding hydrogens is 487 g/mol. The molecule has 0 spiro atoms. The second kappa shape index (κ2) is 12.8. The molecule has 6 nitrogen and oxygen atoms in total. The van der Waals surface area contributed by atoms with Crippen molar-refractivity contribution in [3.05, 3.63) is 35.9 Å². The van der Waals surface area contributed by atoms with E-state index in [1.165, 1.54) is 5.56 Å². The predicted octanol–water partition coefficient (Wildman–Crippen LogP) is 2.46. The minimum atomic E-state index is 0. The average molecular weight is 529 g/mol. The number of likely N-dealkylation sites (N-methyl/N-ethyl adjacent to an activating group) is 2. The zero-order valence-electron chi connectivity index (χ0n) is 19.2. The van der Waals surface area contributed by atoms with Gasteiger partial charge in [0.1, 0.15) is 0 Å². The van der Waals surface area contributed by atoms with Crippen molar-refractivity contribution < 1.29 is 0 Å². The van der Waals surface area contributed by atoms with E-state index in [2.05, 4.69) is 83.6 Å². The minimum Gasteiger partial charge on any atom is -0.357 e. The predicted molar refractivity (Wildman–Crippen MR) is 138 cm³/mol. The summed E-state index contributed by atoms with van der Waals surface area (Å²) in [6.07, 6.45) is 2.32. The van der Waals surface area contributed by atoms with Gasteiger partial charge in [0.15, 0.2) is 5.96 Å². The SMILES string of the molecule is CCNC(=NCC1CN(C)CCN1C)NC1CCN(Cc2ccccc2)C(C)C1.I. The molecule has 3 unspecified atom stereocenters. The highest BCUT2D eigenvalue weighted by Gasteiger charge is 2.26. The van der Waals surface area contributed by atoms with Gasteiger partial charge in [-0.15, -0.1) is 24.0 Å². The quantitative estimate of drug-likeness (QED) is 0.338. The van der Waals surface area contributed by atoms with E-state index >= 15 is 0 Å². The molecule has 1 aromatic carbocycles. The molecule has 170 valence electrons. The molecule has 3 rings (SSSR count). The number of nitrogens with one attached hydrogen (secondary N) is 2. The number of hydrogen-bond donors (Lipinski definition) is 2. The molecule has 3 atom stereocenters. The van der Waals surface area contributed by atoms with E-state index in [1.54, 1.807) is 0 Å². The third-order valence-corrected chi connectivity index (χ3v) is 6.37. The number of hydrogen-bond acceptors (Lipinski definition) is 4. The normalized spacial score (nSPS) is 26.8. The summed E-state index contributed by atoms with van der Waals surface area (Å²) in [5.41, 5.74) is 1.40. The van der Waals surface area contributed by atoms with E-state index in [9.17, 15) is 0 Å². The highest BCUT2D eigenvalue weighted by Crippen LogP contribution is 2.20. The zero-order valence-corrected chi connectivity index (χ0v) is 21.5. The van der Waals surface area contributed by atoms with Gasteiger partial charge in [0.05, 0.1) is 6.54 Å². The summed E-state index contributed by atoms with van der Waals surface area (Å²) in [6.45, 7) is 11.8. The van der Waals surface area contributed by atoms with E-state index < -0.39 is 0 Å². The fourth-order valence-electron chi connectivity index (χ4n) is 4.41. The monoisotopic (exact) mass is 528 g/mol. The van der Waals surface area contributed by atoms with Crippen LogP contribution < -0.4 is 10.6 Å². The van der Waals surface area contributed by atoms with Crippen LogP contribution in [0.25, 0.3) is 0 Å². The number of nitrogens with zero attached hydrogens (tertiary/aromatic N) is 4. The lowest BCUT2D eigenvalue weighted by molar-refractivity contribution is 0.119. The van der Waals surface area contributed by atoms with Crippen LogP contribution in [-0.4, -0.2) is 92.1 Å². The Hall–Kier alpha value is -0.900. The number of rotatable bonds is 6. The Morgan fingerprint density at radius 1 is 1.13 bits per heavy atom. The van der Waals surface area contributed by atoms with Crippen molar-refractivity contribution in [2.45, 2.75) is 51.4 Å². The molecule has 2 saturated heterocycles. The first-order valence-electron chi connectivity index (χ1n) is 11.3. The molecule has 7 heteroatoms. The van der Waals surface area contributed by atoms with Gasteiger partial charge in [-0.2, -0.15) is 0 Å². The van der Waals surface area contributed by atoms with Crippen LogP contribution in [0, 0.1) is 0 Å². The summed E-state index contributed by atoms with van der Waals surface area (Å²) in [6, 6.07) is 12.4. The van der Waals surface area contributed by atoms with Gasteiger partial charge in [-0.3, -0.25) is 14.8 Å². The van der Waals surface area contributed by atoms with Crippen LogP contribution in [0.1, 0.15) is 32.3 Å². The molecule has 0 aromatic heterocycles. The molecule has 0 amide bonds. The lowest BCUT2D eigenvalue weighted by Gasteiger charge is -2.39. The molecule has 30 heavy (non-hydrogen) atoms. The van der Waals surface area contributed by atoms with Crippen molar-refractivity contribution >= 4 is 29.9 Å². The van der Waals surface area contributed by atoms with E-state index in [0.29, 0.717) is 18.1 Å². The van der Waals surface area contributed by atoms with Crippen molar-refractivity contribution in [1.82, 2.24) is 25.3 Å². The first-order chi connectivity index (χ1) is 14.0. The Kier molecular flexibility index (Phi) is 10.8. The Bertz CT molecular complexity index is 640. The van der Waals surface area contributed by atoms with E-state index in [4.69, 9.17) is 4.99 Å². The molecule has 2 fully saturated rings. The number of halogens is 1. The first-order valence-corrected chi connectivity index (χ1v) is 11.3. The second-order valence-corrected chi connectivity index (χ2v) is 8.79. The fraction of sp³-hybridized carbons (Fsp3) is 0.696. The van der Waals surface area contributed by atoms with Crippen molar-refractivity contribution in [2.75, 3.05) is 53.4 Å². The van der Waals surface area contributed by atoms with Crippen LogP contribution in [-0.2, 0) is 6.54 Å². The van der Waals surface area contributed by atoms with Gasteiger partial charge in [0.2, 0.25) is 0 Å². The Labute approximate surface area is 200 Å². The van der Waals surface area contributed by atoms with Crippen molar-refractivity contribution in [1.29, 1.82) is 0 Å². The first kappa shape index (κ1) is 25.4. The summed E-state index contributed by atoms with van der Waals surface area (Å²) in [5.74, 6) is 0.975. The fourth-order valence-corrected chi connectivity index (χ4v) is 4.41. The van der Waals surface area contributed by atoms with Gasteiger partial charge in [-0.1, -0.05) is 30.3 Å². The maximum Gasteiger partial charge on any atom is 0.191 e. The molecule has 0 radical (unpaired) electrons. The summed E-state index contributed by atoms with van der Waals surface area (Å²) in [4.78, 5) is 12.4. The molecule has 1 aromatic rings. The lowest BCUT2D eigenvalue weighted by Crippen LogP contribution is -2.53. The largest absolute Gasteiger partial charge is 0.357 e. The van der Waals surface area contributed by atoms with Crippen LogP contribution in [0.4, 0.5) is 0 Å². The standard InChI is InChI=1S/C23H40N6.HI/c1-5-24-23(25-16-22-18-27(3)13-14-28(22)4)26-21-11-12-29(19(2)15-21)17-20-9-7-6-8-10-20;/h6-10,19,21-22H,5,11-18H2,1-4H3,(H2,24,25,26);1H. The molecule has 2 N–H and O–H groups in total. The Balaban J connectivity index is 0.00000320. The molecule has 0 aliphatic carbocycles. The Morgan fingerprint density at radius 2 is 1.90 bits per heavy atom. The third-order valence-electron chi connectivity index (χ3n) is 6.37. The van der Waals surface area contributed by atoms with Gasteiger partial charge in [0.25, 0.3) is 0 Å². The number of piperazine rings is 1. The highest BCUT2D eigenvalue weighted by atomic mass is 127. The van der Waals surface area contributed by atoms with Gasteiger partial charge >= 0.3 is 0 Å². The van der Waals surface area contributed by atoms with Gasteiger partial charge in [-0.05, 0) is 46.3 Å². The van der Waals surface area contributed by atoms with Crippen molar-refractivity contribution in [2.24, 2.45) is 4.99 Å². The number of guanidine groups is 1. The zero-order chi connectivity index (χ0) is 20.6. The summed E-state index contributed by atoms with van der Waals surface area (Å²) < 4.78 is 0. The summed E-state index contributed by atoms with van der Waals surface area (Å²) >= 11 is 0. The number of aliphatic imine (C=N–C) groups is 1. The Morgan fingerprint density at radius 3 is 2.60 bits per heavy atom. The van der Waals surface area contributed by atoms with E-state index in [1.807, 2.05) is 0 Å². The molecular formula is C23H41IN6. The third kappa shape index (κ3) is 7.66. The minimum absolute atomic E-state index is 0. The average Bonchev–Trinajstić information content (AvgIpc) is 2.71. The molecule has 2 heterocycles. The van der Waals surface area contributed by atoms with Gasteiger partial charge in [-0.25, -0.2) is 0 Å². The maximum absolute atomic E-state index is 4.94. The van der Waals surface area contributed by atoms with Crippen LogP contribution in [0.15, 0.2) is 35.3 Å². The lowest BCUT2D eigenvalue weighted by atomic mass is 9.97. The molecule has 2 aliphatic heterocycles. The smallest absolute Gasteiger partial charge is 0.191 e. The summed E-state index contributed by atoms with van der Waals surface area (Å²) in [5, 5.41) is 7.17. The molecule has 2 aliphatic rings. The van der Waals surface area contributed by atoms with Crippen LogP contribution >= 0.6 is 24.0 Å². The summed E-state index contributed by atoms with van der Waals surface area (Å²) in [7, 11) is 4.43. The maximum atomic E-state index is 4.94. The number of piperidine rings is 1. The van der Waals surface area contributed by atoms with Crippen molar-refractivity contribution in [3.63, 3.8) is 0 Å². The van der Waals surface area contributed by atoms with Gasteiger partial charge < -0.3 is 15.5 Å². The molecule has 0 bridgehead atoms. The van der Waals surface area contributed by atoms with Gasteiger partial charge in [0, 0.05) is 57.4 Å². The molecule has 0 saturated carbocycles. The van der Waals surface area contributed by atoms with Crippen LogP contribution in [0.3, 0.4) is 0 Å². The second-order valence-electron chi connectivity index (χ2n) is 8.79. The highest BCUT2D eigenvalue weighted by molar-refractivity contribution is 14.0. The number of likely N-dealkylation sites (tertiary alicyclic amines) is 1. The number of benzene rings is 1. The van der Waals surface area contributed by atoms with Crippen LogP contribution in [0.2, 0.25) is 0 Å². The van der Waals surface area contributed by atoms with Crippen LogP contribution in [0.5, 0.6) is 0 Å². The topological polar surface area (TPSA) is 46.1 Å². The van der Waals surface area contributed by atoms with Crippen molar-refractivity contribution in [3.8, 4) is 0 Å².